The minimum atomic E-state index is -2.76. The zero-order chi connectivity index (χ0) is 28.1. The number of ether oxygens (including phenoxy) is 3. The number of halogens is 4. The third-order valence-corrected chi connectivity index (χ3v) is 5.51. The minimum absolute atomic E-state index is 0.0457. The van der Waals surface area contributed by atoms with Crippen molar-refractivity contribution in [2.24, 2.45) is 0 Å². The molecule has 1 amide bonds. The van der Waals surface area contributed by atoms with E-state index in [0.717, 1.165) is 24.6 Å². The van der Waals surface area contributed by atoms with E-state index in [4.69, 9.17) is 14.2 Å². The highest BCUT2D eigenvalue weighted by molar-refractivity contribution is 5.72. The molecular formula is C27H33F4NO6. The molecule has 7 nitrogen and oxygen atoms in total. The predicted octanol–water partition coefficient (Wildman–Crippen LogP) is 6.09. The van der Waals surface area contributed by atoms with Crippen molar-refractivity contribution in [3.8, 4) is 11.5 Å². The van der Waals surface area contributed by atoms with E-state index < -0.39 is 41.5 Å². The van der Waals surface area contributed by atoms with E-state index in [1.807, 2.05) is 0 Å². The maximum Gasteiger partial charge on any atom is 0.415 e. The molecule has 0 saturated carbocycles. The zero-order valence-corrected chi connectivity index (χ0v) is 21.4. The molecular weight excluding hydrogens is 510 g/mol. The molecule has 0 aliphatic rings. The summed E-state index contributed by atoms with van der Waals surface area (Å²) >= 11 is 0. The smallest absolute Gasteiger partial charge is 0.415 e. The van der Waals surface area contributed by atoms with Crippen molar-refractivity contribution < 1.29 is 46.5 Å². The van der Waals surface area contributed by atoms with E-state index in [1.54, 1.807) is 31.2 Å². The number of alkyl halides is 2. The van der Waals surface area contributed by atoms with E-state index in [0.29, 0.717) is 24.7 Å². The first-order valence-electron chi connectivity index (χ1n) is 12.3. The van der Waals surface area contributed by atoms with E-state index in [-0.39, 0.29) is 45.6 Å². The van der Waals surface area contributed by atoms with E-state index in [9.17, 15) is 32.3 Å². The molecule has 0 heterocycles. The fraction of sp³-hybridized carbons (Fsp3) is 0.481. The molecule has 2 aromatic rings. The Morgan fingerprint density at radius 3 is 2.34 bits per heavy atom. The fourth-order valence-electron chi connectivity index (χ4n) is 3.55. The van der Waals surface area contributed by atoms with Crippen LogP contribution in [0.5, 0.6) is 11.5 Å². The van der Waals surface area contributed by atoms with Gasteiger partial charge in [0.2, 0.25) is 5.92 Å². The molecule has 1 N–H and O–H groups in total. The summed E-state index contributed by atoms with van der Waals surface area (Å²) in [5.41, 5.74) is 0.738. The molecule has 1 unspecified atom stereocenters. The number of carbonyl (C=O) groups excluding carboxylic acids is 1. The maximum atomic E-state index is 13.9. The van der Waals surface area contributed by atoms with Gasteiger partial charge in [0.25, 0.3) is 0 Å². The van der Waals surface area contributed by atoms with Crippen LogP contribution in [0.25, 0.3) is 0 Å². The summed E-state index contributed by atoms with van der Waals surface area (Å²) in [4.78, 5) is 25.2. The highest BCUT2D eigenvalue weighted by Gasteiger charge is 2.21. The lowest BCUT2D eigenvalue weighted by molar-refractivity contribution is -0.149. The first-order valence-corrected chi connectivity index (χ1v) is 12.3. The van der Waals surface area contributed by atoms with Gasteiger partial charge in [0.05, 0.1) is 6.54 Å². The number of benzene rings is 2. The Labute approximate surface area is 219 Å². The molecule has 0 saturated heterocycles. The number of hydrogen-bond acceptors (Lipinski definition) is 5. The normalized spacial score (nSPS) is 12.2. The number of aliphatic carboxylic acids is 1. The van der Waals surface area contributed by atoms with E-state index in [1.165, 1.54) is 4.90 Å². The number of unbranched alkanes of at least 4 members (excludes halogenated alkanes) is 2. The molecule has 1 atom stereocenters. The van der Waals surface area contributed by atoms with Crippen LogP contribution < -0.4 is 9.47 Å². The topological polar surface area (TPSA) is 85.3 Å². The van der Waals surface area contributed by atoms with Crippen LogP contribution in [0.4, 0.5) is 22.4 Å². The van der Waals surface area contributed by atoms with Crippen LogP contribution in [0.2, 0.25) is 0 Å². The van der Waals surface area contributed by atoms with Crippen molar-refractivity contribution in [2.75, 3.05) is 26.3 Å². The molecule has 2 aromatic carbocycles. The summed E-state index contributed by atoms with van der Waals surface area (Å²) in [5.74, 6) is -5.63. The van der Waals surface area contributed by atoms with Crippen molar-refractivity contribution in [3.63, 3.8) is 0 Å². The summed E-state index contributed by atoms with van der Waals surface area (Å²) in [5, 5.41) is 9.22. The Morgan fingerprint density at radius 2 is 1.74 bits per heavy atom. The Hall–Kier alpha value is -3.34. The van der Waals surface area contributed by atoms with Gasteiger partial charge < -0.3 is 24.2 Å². The lowest BCUT2D eigenvalue weighted by Gasteiger charge is -2.22. The zero-order valence-electron chi connectivity index (χ0n) is 21.4. The van der Waals surface area contributed by atoms with Crippen LogP contribution in [-0.2, 0) is 16.0 Å². The number of carbonyl (C=O) groups is 2. The van der Waals surface area contributed by atoms with Crippen molar-refractivity contribution in [2.45, 2.75) is 58.0 Å². The van der Waals surface area contributed by atoms with E-state index in [2.05, 4.69) is 0 Å². The lowest BCUT2D eigenvalue weighted by Crippen LogP contribution is -2.37. The van der Waals surface area contributed by atoms with Crippen LogP contribution in [-0.4, -0.2) is 60.4 Å². The monoisotopic (exact) mass is 543 g/mol. The number of hydrogen-bond donors (Lipinski definition) is 1. The molecule has 0 spiro atoms. The van der Waals surface area contributed by atoms with Gasteiger partial charge in [-0.3, -0.25) is 0 Å². The fourth-order valence-corrected chi connectivity index (χ4v) is 3.55. The summed E-state index contributed by atoms with van der Waals surface area (Å²) < 4.78 is 69.1. The van der Waals surface area contributed by atoms with Crippen molar-refractivity contribution >= 4 is 12.1 Å². The third kappa shape index (κ3) is 11.4. The Bertz CT molecular complexity index is 1030. The number of amides is 1. The van der Waals surface area contributed by atoms with Gasteiger partial charge in [-0.1, -0.05) is 18.6 Å². The highest BCUT2D eigenvalue weighted by Crippen LogP contribution is 2.21. The molecule has 2 rings (SSSR count). The average Bonchev–Trinajstić information content (AvgIpc) is 2.84. The second-order valence-corrected chi connectivity index (χ2v) is 8.79. The summed E-state index contributed by atoms with van der Waals surface area (Å²) in [7, 11) is 0. The molecule has 0 aliphatic carbocycles. The summed E-state index contributed by atoms with van der Waals surface area (Å²) in [6, 6.07) is 9.28. The molecule has 210 valence electrons. The number of nitrogens with zero attached hydrogens (tertiary/aromatic N) is 1. The van der Waals surface area contributed by atoms with Gasteiger partial charge in [0, 0.05) is 32.1 Å². The summed E-state index contributed by atoms with van der Waals surface area (Å²) in [6.45, 7) is 3.10. The molecule has 11 heteroatoms. The Morgan fingerprint density at radius 1 is 1.03 bits per heavy atom. The standard InChI is InChI=1S/C27H33F4NO6/c1-3-36-24(25(33)34)17-19-7-10-21(11-8-19)37-16-15-32(14-6-4-5-13-27(2,30)31)26(35)38-23-12-9-20(28)18-22(23)29/h7-12,18,24H,3-6,13-17H2,1-2H3,(H,33,34). The van der Waals surface area contributed by atoms with Gasteiger partial charge in [-0.25, -0.2) is 27.2 Å². The van der Waals surface area contributed by atoms with Gasteiger partial charge in [-0.05, 0) is 56.5 Å². The van der Waals surface area contributed by atoms with Crippen molar-refractivity contribution in [1.82, 2.24) is 4.90 Å². The number of carboxylic acid groups (broad SMARTS) is 1. The van der Waals surface area contributed by atoms with Crippen LogP contribution in [0.3, 0.4) is 0 Å². The van der Waals surface area contributed by atoms with Crippen molar-refractivity contribution in [3.05, 3.63) is 59.7 Å². The highest BCUT2D eigenvalue weighted by atomic mass is 19.3. The van der Waals surface area contributed by atoms with Gasteiger partial charge in [-0.2, -0.15) is 0 Å². The Balaban J connectivity index is 1.94. The number of carboxylic acids is 1. The third-order valence-electron chi connectivity index (χ3n) is 5.51. The quantitative estimate of drug-likeness (QED) is 0.204. The van der Waals surface area contributed by atoms with Crippen molar-refractivity contribution in [1.29, 1.82) is 0 Å². The van der Waals surface area contributed by atoms with Gasteiger partial charge in [-0.15, -0.1) is 0 Å². The second kappa shape index (κ2) is 15.2. The van der Waals surface area contributed by atoms with E-state index >= 15 is 0 Å². The van der Waals surface area contributed by atoms with Crippen LogP contribution >= 0.6 is 0 Å². The molecule has 0 aromatic heterocycles. The molecule has 0 aliphatic heterocycles. The van der Waals surface area contributed by atoms with Crippen LogP contribution in [0.1, 0.15) is 45.1 Å². The molecule has 0 fully saturated rings. The predicted molar refractivity (Wildman–Crippen MR) is 132 cm³/mol. The first kappa shape index (κ1) is 30.9. The van der Waals surface area contributed by atoms with Gasteiger partial charge >= 0.3 is 12.1 Å². The largest absolute Gasteiger partial charge is 0.492 e. The SMILES string of the molecule is CCOC(Cc1ccc(OCCN(CCCCCC(C)(F)F)C(=O)Oc2ccc(F)cc2F)cc1)C(=O)O. The molecule has 0 bridgehead atoms. The molecule has 0 radical (unpaired) electrons. The number of rotatable bonds is 16. The maximum absolute atomic E-state index is 13.9. The minimum Gasteiger partial charge on any atom is -0.492 e. The lowest BCUT2D eigenvalue weighted by atomic mass is 10.1. The van der Waals surface area contributed by atoms with Crippen LogP contribution in [0.15, 0.2) is 42.5 Å². The first-order chi connectivity index (χ1) is 18.0. The summed E-state index contributed by atoms with van der Waals surface area (Å²) in [6.07, 6.45) is -0.794. The second-order valence-electron chi connectivity index (χ2n) is 8.79. The van der Waals surface area contributed by atoms with Gasteiger partial charge in [0.1, 0.15) is 18.2 Å². The van der Waals surface area contributed by atoms with Crippen LogP contribution in [0, 0.1) is 11.6 Å². The molecule has 38 heavy (non-hydrogen) atoms. The Kier molecular flexibility index (Phi) is 12.3. The van der Waals surface area contributed by atoms with Gasteiger partial charge in [0.15, 0.2) is 17.7 Å². The average molecular weight is 544 g/mol.